The van der Waals surface area contributed by atoms with Gasteiger partial charge in [0.1, 0.15) is 0 Å². The van der Waals surface area contributed by atoms with Crippen molar-refractivity contribution in [3.8, 4) is 0 Å². The van der Waals surface area contributed by atoms with E-state index in [2.05, 4.69) is 15.3 Å². The van der Waals surface area contributed by atoms with E-state index in [1.807, 2.05) is 0 Å². The summed E-state index contributed by atoms with van der Waals surface area (Å²) in [5, 5.41) is 6.64. The number of rotatable bonds is 3. The molecule has 0 bridgehead atoms. The zero-order valence-electron chi connectivity index (χ0n) is 8.18. The Balaban J connectivity index is 2.14. The standard InChI is InChI=1S/C8H5F3N4OS/c9-8(10,11)7(16)6-3-15(14-13-6)2-5-1-12-4-17-5/h1,3-4H,2H2. The number of hydrogen-bond donors (Lipinski definition) is 0. The van der Waals surface area contributed by atoms with Crippen molar-refractivity contribution in [2.24, 2.45) is 0 Å². The van der Waals surface area contributed by atoms with E-state index >= 15 is 0 Å². The molecule has 0 aliphatic carbocycles. The molecule has 0 aliphatic rings. The van der Waals surface area contributed by atoms with Gasteiger partial charge in [0, 0.05) is 11.1 Å². The Morgan fingerprint density at radius 2 is 2.24 bits per heavy atom. The lowest BCUT2D eigenvalue weighted by Gasteiger charge is -1.99. The van der Waals surface area contributed by atoms with Crippen LogP contribution >= 0.6 is 11.3 Å². The van der Waals surface area contributed by atoms with Crippen molar-refractivity contribution >= 4 is 17.1 Å². The van der Waals surface area contributed by atoms with E-state index in [-0.39, 0.29) is 6.54 Å². The molecular weight excluding hydrogens is 257 g/mol. The molecule has 0 unspecified atom stereocenters. The molecule has 0 fully saturated rings. The van der Waals surface area contributed by atoms with Crippen LogP contribution in [0.25, 0.3) is 0 Å². The lowest BCUT2D eigenvalue weighted by atomic mass is 10.3. The Bertz CT molecular complexity index is 519. The number of thiazole rings is 1. The maximum Gasteiger partial charge on any atom is 0.456 e. The van der Waals surface area contributed by atoms with Crippen LogP contribution in [0.5, 0.6) is 0 Å². The van der Waals surface area contributed by atoms with Gasteiger partial charge < -0.3 is 0 Å². The van der Waals surface area contributed by atoms with E-state index in [4.69, 9.17) is 0 Å². The summed E-state index contributed by atoms with van der Waals surface area (Å²) in [7, 11) is 0. The van der Waals surface area contributed by atoms with Crippen LogP contribution in [0.2, 0.25) is 0 Å². The molecule has 0 atom stereocenters. The highest BCUT2D eigenvalue weighted by molar-refractivity contribution is 7.09. The predicted molar refractivity (Wildman–Crippen MR) is 51.6 cm³/mol. The average molecular weight is 262 g/mol. The molecule has 0 radical (unpaired) electrons. The quantitative estimate of drug-likeness (QED) is 0.787. The average Bonchev–Trinajstić information content (AvgIpc) is 2.87. The maximum atomic E-state index is 12.1. The first-order chi connectivity index (χ1) is 7.97. The molecule has 0 amide bonds. The number of ketones is 1. The highest BCUT2D eigenvalue weighted by Gasteiger charge is 2.41. The third-order valence-electron chi connectivity index (χ3n) is 1.83. The lowest BCUT2D eigenvalue weighted by Crippen LogP contribution is -2.23. The summed E-state index contributed by atoms with van der Waals surface area (Å²) in [5.74, 6) is -1.99. The smallest absolute Gasteiger partial charge is 0.282 e. The third-order valence-corrected chi connectivity index (χ3v) is 2.59. The number of carbonyl (C=O) groups is 1. The van der Waals surface area contributed by atoms with E-state index < -0.39 is 17.7 Å². The topological polar surface area (TPSA) is 60.7 Å². The summed E-state index contributed by atoms with van der Waals surface area (Å²) in [4.78, 5) is 15.4. The van der Waals surface area contributed by atoms with Crippen LogP contribution in [0.3, 0.4) is 0 Å². The fourth-order valence-electron chi connectivity index (χ4n) is 1.10. The monoisotopic (exact) mass is 262 g/mol. The molecule has 0 N–H and O–H groups in total. The summed E-state index contributed by atoms with van der Waals surface area (Å²) >= 11 is 1.33. The van der Waals surface area contributed by atoms with Crippen molar-refractivity contribution < 1.29 is 18.0 Å². The molecule has 2 heterocycles. The minimum atomic E-state index is -4.93. The molecule has 90 valence electrons. The van der Waals surface area contributed by atoms with Gasteiger partial charge in [0.25, 0.3) is 5.78 Å². The number of hydrogen-bond acceptors (Lipinski definition) is 5. The Morgan fingerprint density at radius 1 is 1.47 bits per heavy atom. The van der Waals surface area contributed by atoms with Crippen LogP contribution in [-0.2, 0) is 6.54 Å². The summed E-state index contributed by atoms with van der Waals surface area (Å²) in [6, 6.07) is 0. The molecule has 0 spiro atoms. The van der Waals surface area contributed by atoms with E-state index in [0.29, 0.717) is 0 Å². The van der Waals surface area contributed by atoms with Crippen molar-refractivity contribution in [1.82, 2.24) is 20.0 Å². The van der Waals surface area contributed by atoms with Gasteiger partial charge in [0.2, 0.25) is 0 Å². The van der Waals surface area contributed by atoms with Gasteiger partial charge in [-0.25, -0.2) is 4.68 Å². The Kier molecular flexibility index (Phi) is 2.92. The second kappa shape index (κ2) is 4.24. The molecular formula is C8H5F3N4OS. The van der Waals surface area contributed by atoms with Crippen molar-refractivity contribution in [2.45, 2.75) is 12.7 Å². The minimum absolute atomic E-state index is 0.239. The fourth-order valence-corrected chi connectivity index (χ4v) is 1.69. The first-order valence-electron chi connectivity index (χ1n) is 4.36. The van der Waals surface area contributed by atoms with Gasteiger partial charge in [-0.2, -0.15) is 13.2 Å². The van der Waals surface area contributed by atoms with Crippen molar-refractivity contribution in [1.29, 1.82) is 0 Å². The van der Waals surface area contributed by atoms with Crippen molar-refractivity contribution in [2.75, 3.05) is 0 Å². The van der Waals surface area contributed by atoms with Crippen LogP contribution < -0.4 is 0 Å². The van der Waals surface area contributed by atoms with Crippen molar-refractivity contribution in [3.63, 3.8) is 0 Å². The second-order valence-corrected chi connectivity index (χ2v) is 4.07. The lowest BCUT2D eigenvalue weighted by molar-refractivity contribution is -0.0888. The predicted octanol–water partition coefficient (Wildman–Crippen LogP) is 1.53. The van der Waals surface area contributed by atoms with E-state index in [1.54, 1.807) is 11.7 Å². The summed E-state index contributed by atoms with van der Waals surface area (Å²) < 4.78 is 37.4. The highest BCUT2D eigenvalue weighted by Crippen LogP contribution is 2.20. The van der Waals surface area contributed by atoms with E-state index in [0.717, 1.165) is 15.8 Å². The molecule has 0 aliphatic heterocycles. The molecule has 2 aromatic rings. The number of aromatic nitrogens is 4. The molecule has 0 aromatic carbocycles. The second-order valence-electron chi connectivity index (χ2n) is 3.10. The zero-order valence-corrected chi connectivity index (χ0v) is 8.99. The third kappa shape index (κ3) is 2.67. The number of alkyl halides is 3. The molecule has 17 heavy (non-hydrogen) atoms. The van der Waals surface area contributed by atoms with Crippen LogP contribution in [0, 0.1) is 0 Å². The van der Waals surface area contributed by atoms with Gasteiger partial charge in [-0.1, -0.05) is 5.21 Å². The van der Waals surface area contributed by atoms with Crippen LogP contribution in [0.1, 0.15) is 15.4 Å². The van der Waals surface area contributed by atoms with E-state index in [1.165, 1.54) is 11.3 Å². The molecule has 9 heteroatoms. The maximum absolute atomic E-state index is 12.1. The molecule has 0 saturated heterocycles. The largest absolute Gasteiger partial charge is 0.456 e. The molecule has 5 nitrogen and oxygen atoms in total. The Labute approximate surface area is 96.9 Å². The minimum Gasteiger partial charge on any atom is -0.282 e. The molecule has 2 aromatic heterocycles. The highest BCUT2D eigenvalue weighted by atomic mass is 32.1. The van der Waals surface area contributed by atoms with Crippen LogP contribution in [0.4, 0.5) is 13.2 Å². The number of carbonyl (C=O) groups excluding carboxylic acids is 1. The fraction of sp³-hybridized carbons (Fsp3) is 0.250. The first kappa shape index (κ1) is 11.7. The van der Waals surface area contributed by atoms with Gasteiger partial charge in [-0.15, -0.1) is 16.4 Å². The van der Waals surface area contributed by atoms with Crippen LogP contribution in [-0.4, -0.2) is 31.9 Å². The SMILES string of the molecule is O=C(c1cn(Cc2cncs2)nn1)C(F)(F)F. The van der Waals surface area contributed by atoms with Gasteiger partial charge in [-0.05, 0) is 0 Å². The molecule has 2 rings (SSSR count). The first-order valence-corrected chi connectivity index (χ1v) is 5.24. The normalized spacial score (nSPS) is 11.7. The number of halogens is 3. The summed E-state index contributed by atoms with van der Waals surface area (Å²) in [6.07, 6.45) is -2.39. The number of nitrogens with zero attached hydrogens (tertiary/aromatic N) is 4. The Hall–Kier alpha value is -1.77. The number of Topliss-reactive ketones (excluding diaryl/α,β-unsaturated/α-hetero) is 1. The van der Waals surface area contributed by atoms with E-state index in [9.17, 15) is 18.0 Å². The van der Waals surface area contributed by atoms with Gasteiger partial charge >= 0.3 is 6.18 Å². The van der Waals surface area contributed by atoms with Gasteiger partial charge in [-0.3, -0.25) is 9.78 Å². The van der Waals surface area contributed by atoms with Crippen molar-refractivity contribution in [3.05, 3.63) is 28.5 Å². The summed E-state index contributed by atoms with van der Waals surface area (Å²) in [6.45, 7) is 0.239. The van der Waals surface area contributed by atoms with Gasteiger partial charge in [0.15, 0.2) is 5.69 Å². The Morgan fingerprint density at radius 3 is 2.82 bits per heavy atom. The zero-order chi connectivity index (χ0) is 12.5. The van der Waals surface area contributed by atoms with Gasteiger partial charge in [0.05, 0.1) is 18.3 Å². The molecule has 0 saturated carbocycles. The van der Waals surface area contributed by atoms with Crippen LogP contribution in [0.15, 0.2) is 17.9 Å². The summed E-state index contributed by atoms with van der Waals surface area (Å²) in [5.41, 5.74) is 0.885.